The molecule has 0 saturated heterocycles. The molecule has 108 valence electrons. The Morgan fingerprint density at radius 3 is 2.65 bits per heavy atom. The van der Waals surface area contributed by atoms with Crippen LogP contribution in [0.15, 0.2) is 24.3 Å². The molecule has 1 heterocycles. The molecule has 0 bridgehead atoms. The zero-order chi connectivity index (χ0) is 14.5. The second kappa shape index (κ2) is 6.77. The molecule has 1 aromatic carbocycles. The Bertz CT molecular complexity index is 563. The Morgan fingerprint density at radius 2 is 2.00 bits per heavy atom. The summed E-state index contributed by atoms with van der Waals surface area (Å²) < 4.78 is 7.72. The maximum absolute atomic E-state index is 5.95. The first-order valence-corrected chi connectivity index (χ1v) is 7.16. The van der Waals surface area contributed by atoms with Crippen LogP contribution in [-0.4, -0.2) is 16.3 Å². The summed E-state index contributed by atoms with van der Waals surface area (Å²) in [6.07, 6.45) is 1.10. The van der Waals surface area contributed by atoms with Gasteiger partial charge in [0.2, 0.25) is 5.88 Å². The van der Waals surface area contributed by atoms with Gasteiger partial charge in [0.1, 0.15) is 5.75 Å². The molecule has 0 amide bonds. The molecule has 1 aromatic heterocycles. The van der Waals surface area contributed by atoms with Gasteiger partial charge in [-0.2, -0.15) is 5.10 Å². The van der Waals surface area contributed by atoms with Crippen LogP contribution in [0.2, 0.25) is 5.02 Å². The molecule has 1 N–H and O–H groups in total. The molecule has 0 atom stereocenters. The van der Waals surface area contributed by atoms with E-state index in [0.717, 1.165) is 42.4 Å². The molecule has 4 nitrogen and oxygen atoms in total. The lowest BCUT2D eigenvalue weighted by atomic mass is 10.2. The van der Waals surface area contributed by atoms with Crippen molar-refractivity contribution in [2.45, 2.75) is 26.8 Å². The lowest BCUT2D eigenvalue weighted by molar-refractivity contribution is 0.424. The van der Waals surface area contributed by atoms with Gasteiger partial charge in [0, 0.05) is 18.6 Å². The lowest BCUT2D eigenvalue weighted by Crippen LogP contribution is -2.14. The standard InChI is InChI=1S/C15H20ClN3O/c1-4-9-17-10-14-11(2)18-19(3)15(14)20-13-7-5-12(16)6-8-13/h5-8,17H,4,9-10H2,1-3H3. The highest BCUT2D eigenvalue weighted by Gasteiger charge is 2.15. The number of aryl methyl sites for hydroxylation is 2. The normalized spacial score (nSPS) is 10.8. The zero-order valence-corrected chi connectivity index (χ0v) is 12.9. The summed E-state index contributed by atoms with van der Waals surface area (Å²) in [5.74, 6) is 1.53. The minimum Gasteiger partial charge on any atom is -0.439 e. The van der Waals surface area contributed by atoms with Crippen molar-refractivity contribution in [3.8, 4) is 11.6 Å². The monoisotopic (exact) mass is 293 g/mol. The summed E-state index contributed by atoms with van der Waals surface area (Å²) in [6, 6.07) is 7.34. The average molecular weight is 294 g/mol. The highest BCUT2D eigenvalue weighted by molar-refractivity contribution is 6.30. The molecular weight excluding hydrogens is 274 g/mol. The quantitative estimate of drug-likeness (QED) is 0.826. The van der Waals surface area contributed by atoms with Crippen LogP contribution in [0.1, 0.15) is 24.6 Å². The Hall–Kier alpha value is -1.52. The first kappa shape index (κ1) is 14.9. The third kappa shape index (κ3) is 3.52. The number of benzene rings is 1. The molecule has 0 fully saturated rings. The topological polar surface area (TPSA) is 39.1 Å². The Labute approximate surface area is 124 Å². The lowest BCUT2D eigenvalue weighted by Gasteiger charge is -2.09. The fraction of sp³-hybridized carbons (Fsp3) is 0.400. The molecule has 20 heavy (non-hydrogen) atoms. The van der Waals surface area contributed by atoms with E-state index in [0.29, 0.717) is 5.02 Å². The first-order valence-electron chi connectivity index (χ1n) is 6.78. The maximum atomic E-state index is 5.95. The molecule has 2 rings (SSSR count). The number of aromatic nitrogens is 2. The number of hydrogen-bond donors (Lipinski definition) is 1. The van der Waals surface area contributed by atoms with Crippen molar-refractivity contribution in [2.75, 3.05) is 6.54 Å². The minimum atomic E-state index is 0.698. The molecule has 0 radical (unpaired) electrons. The molecule has 0 aliphatic rings. The predicted octanol–water partition coefficient (Wildman–Crippen LogP) is 3.67. The van der Waals surface area contributed by atoms with Gasteiger partial charge in [0.05, 0.1) is 11.3 Å². The van der Waals surface area contributed by atoms with Crippen LogP contribution >= 0.6 is 11.6 Å². The Kier molecular flexibility index (Phi) is 5.04. The van der Waals surface area contributed by atoms with Gasteiger partial charge in [0.15, 0.2) is 0 Å². The fourth-order valence-corrected chi connectivity index (χ4v) is 2.14. The van der Waals surface area contributed by atoms with Gasteiger partial charge in [-0.05, 0) is 44.2 Å². The molecule has 5 heteroatoms. The van der Waals surface area contributed by atoms with Gasteiger partial charge in [-0.3, -0.25) is 0 Å². The van der Waals surface area contributed by atoms with Crippen LogP contribution in [0.3, 0.4) is 0 Å². The minimum absolute atomic E-state index is 0.698. The second-order valence-electron chi connectivity index (χ2n) is 4.73. The van der Waals surface area contributed by atoms with Crippen molar-refractivity contribution < 1.29 is 4.74 Å². The molecule has 0 aliphatic carbocycles. The van der Waals surface area contributed by atoms with Crippen LogP contribution in [-0.2, 0) is 13.6 Å². The van der Waals surface area contributed by atoms with Gasteiger partial charge < -0.3 is 10.1 Å². The summed E-state index contributed by atoms with van der Waals surface area (Å²) in [7, 11) is 1.89. The van der Waals surface area contributed by atoms with E-state index in [1.165, 1.54) is 0 Å². The SMILES string of the molecule is CCCNCc1c(C)nn(C)c1Oc1ccc(Cl)cc1. The van der Waals surface area contributed by atoms with E-state index in [-0.39, 0.29) is 0 Å². The second-order valence-corrected chi connectivity index (χ2v) is 5.16. The Balaban J connectivity index is 2.19. The van der Waals surface area contributed by atoms with Crippen molar-refractivity contribution in [1.29, 1.82) is 0 Å². The van der Waals surface area contributed by atoms with E-state index in [9.17, 15) is 0 Å². The van der Waals surface area contributed by atoms with Crippen LogP contribution in [0, 0.1) is 6.92 Å². The maximum Gasteiger partial charge on any atom is 0.222 e. The first-order chi connectivity index (χ1) is 9.61. The van der Waals surface area contributed by atoms with E-state index < -0.39 is 0 Å². The van der Waals surface area contributed by atoms with Crippen molar-refractivity contribution >= 4 is 11.6 Å². The van der Waals surface area contributed by atoms with Crippen molar-refractivity contribution in [3.05, 3.63) is 40.5 Å². The van der Waals surface area contributed by atoms with Gasteiger partial charge in [0.25, 0.3) is 0 Å². The molecule has 0 aliphatic heterocycles. The number of ether oxygens (including phenoxy) is 1. The van der Waals surface area contributed by atoms with E-state index in [2.05, 4.69) is 17.3 Å². The van der Waals surface area contributed by atoms with Crippen LogP contribution < -0.4 is 10.1 Å². The number of rotatable bonds is 6. The summed E-state index contributed by atoms with van der Waals surface area (Å²) >= 11 is 5.88. The van der Waals surface area contributed by atoms with Crippen LogP contribution in [0.5, 0.6) is 11.6 Å². The largest absolute Gasteiger partial charge is 0.439 e. The number of nitrogens with one attached hydrogen (secondary N) is 1. The number of halogens is 1. The van der Waals surface area contributed by atoms with Gasteiger partial charge in [-0.25, -0.2) is 4.68 Å². The van der Waals surface area contributed by atoms with Crippen molar-refractivity contribution in [2.24, 2.45) is 7.05 Å². The molecule has 0 saturated carbocycles. The zero-order valence-electron chi connectivity index (χ0n) is 12.1. The third-order valence-corrected chi connectivity index (χ3v) is 3.30. The van der Waals surface area contributed by atoms with Gasteiger partial charge in [-0.15, -0.1) is 0 Å². The summed E-state index contributed by atoms with van der Waals surface area (Å²) in [6.45, 7) is 5.89. The smallest absolute Gasteiger partial charge is 0.222 e. The fourth-order valence-electron chi connectivity index (χ4n) is 2.02. The van der Waals surface area contributed by atoms with Crippen molar-refractivity contribution in [3.63, 3.8) is 0 Å². The summed E-state index contributed by atoms with van der Waals surface area (Å²) in [4.78, 5) is 0. The van der Waals surface area contributed by atoms with E-state index in [1.54, 1.807) is 4.68 Å². The highest BCUT2D eigenvalue weighted by Crippen LogP contribution is 2.27. The average Bonchev–Trinajstić information content (AvgIpc) is 2.68. The van der Waals surface area contributed by atoms with Gasteiger partial charge in [-0.1, -0.05) is 18.5 Å². The van der Waals surface area contributed by atoms with E-state index in [1.807, 2.05) is 38.2 Å². The number of nitrogens with zero attached hydrogens (tertiary/aromatic N) is 2. The molecule has 2 aromatic rings. The van der Waals surface area contributed by atoms with Gasteiger partial charge >= 0.3 is 0 Å². The van der Waals surface area contributed by atoms with Crippen molar-refractivity contribution in [1.82, 2.24) is 15.1 Å². The van der Waals surface area contributed by atoms with E-state index in [4.69, 9.17) is 16.3 Å². The molecule has 0 spiro atoms. The van der Waals surface area contributed by atoms with Crippen LogP contribution in [0.4, 0.5) is 0 Å². The molecule has 0 unspecified atom stereocenters. The molecular formula is C15H20ClN3O. The predicted molar refractivity (Wildman–Crippen MR) is 81.5 cm³/mol. The van der Waals surface area contributed by atoms with E-state index >= 15 is 0 Å². The summed E-state index contributed by atoms with van der Waals surface area (Å²) in [5.41, 5.74) is 2.08. The number of hydrogen-bond acceptors (Lipinski definition) is 3. The highest BCUT2D eigenvalue weighted by atomic mass is 35.5. The Morgan fingerprint density at radius 1 is 1.30 bits per heavy atom. The summed E-state index contributed by atoms with van der Waals surface area (Å²) in [5, 5.41) is 8.51. The third-order valence-electron chi connectivity index (χ3n) is 3.05. The van der Waals surface area contributed by atoms with Crippen LogP contribution in [0.25, 0.3) is 0 Å².